The number of ether oxygens (including phenoxy) is 1. The molecule has 0 aliphatic rings. The topological polar surface area (TPSA) is 105 Å². The number of aliphatic carboxylic acids is 1. The smallest absolute Gasteiger partial charge is 0.328 e. The molecule has 1 aromatic carbocycles. The van der Waals surface area contributed by atoms with Crippen LogP contribution in [0.25, 0.3) is 0 Å². The van der Waals surface area contributed by atoms with Gasteiger partial charge in [0.2, 0.25) is 5.91 Å². The lowest BCUT2D eigenvalue weighted by atomic mass is 10.1. The first-order valence-corrected chi connectivity index (χ1v) is 7.36. The van der Waals surface area contributed by atoms with Crippen LogP contribution < -0.4 is 10.6 Å². The molecule has 1 unspecified atom stereocenters. The van der Waals surface area contributed by atoms with Crippen molar-refractivity contribution < 1.29 is 28.6 Å². The SMILES string of the molecule is COCC(NC(=O)c1ccc(NC(=O)CC(C)C)c(F)c1)C(=O)O. The van der Waals surface area contributed by atoms with E-state index in [-0.39, 0.29) is 36.1 Å². The second kappa shape index (κ2) is 8.97. The lowest BCUT2D eigenvalue weighted by Crippen LogP contribution is -2.43. The van der Waals surface area contributed by atoms with Crippen molar-refractivity contribution in [1.82, 2.24) is 5.32 Å². The number of rotatable bonds is 8. The summed E-state index contributed by atoms with van der Waals surface area (Å²) in [6.45, 7) is 3.51. The van der Waals surface area contributed by atoms with E-state index in [1.165, 1.54) is 19.2 Å². The predicted octanol–water partition coefficient (Wildman–Crippen LogP) is 1.64. The maximum Gasteiger partial charge on any atom is 0.328 e. The molecule has 132 valence electrons. The average molecular weight is 340 g/mol. The number of amides is 2. The monoisotopic (exact) mass is 340 g/mol. The zero-order chi connectivity index (χ0) is 18.3. The summed E-state index contributed by atoms with van der Waals surface area (Å²) in [5.41, 5.74) is -0.0967. The highest BCUT2D eigenvalue weighted by molar-refractivity contribution is 5.97. The van der Waals surface area contributed by atoms with Crippen molar-refractivity contribution in [2.24, 2.45) is 5.92 Å². The van der Waals surface area contributed by atoms with Crippen LogP contribution in [0.4, 0.5) is 10.1 Å². The summed E-state index contributed by atoms with van der Waals surface area (Å²) < 4.78 is 18.7. The van der Waals surface area contributed by atoms with Gasteiger partial charge < -0.3 is 20.5 Å². The third-order valence-electron chi connectivity index (χ3n) is 3.04. The minimum Gasteiger partial charge on any atom is -0.480 e. The molecule has 8 heteroatoms. The van der Waals surface area contributed by atoms with E-state index in [1.54, 1.807) is 0 Å². The van der Waals surface area contributed by atoms with Gasteiger partial charge in [-0.15, -0.1) is 0 Å². The molecule has 0 aliphatic heterocycles. The molecule has 0 aromatic heterocycles. The number of carboxylic acid groups (broad SMARTS) is 1. The second-order valence-corrected chi connectivity index (χ2v) is 5.66. The number of anilines is 1. The Labute approximate surface area is 139 Å². The van der Waals surface area contributed by atoms with E-state index in [9.17, 15) is 18.8 Å². The molecule has 1 aromatic rings. The van der Waals surface area contributed by atoms with E-state index in [1.807, 2.05) is 13.8 Å². The van der Waals surface area contributed by atoms with E-state index in [2.05, 4.69) is 10.6 Å². The van der Waals surface area contributed by atoms with Crippen molar-refractivity contribution in [1.29, 1.82) is 0 Å². The third kappa shape index (κ3) is 5.96. The first-order chi connectivity index (χ1) is 11.2. The Morgan fingerprint density at radius 1 is 1.29 bits per heavy atom. The fourth-order valence-electron chi connectivity index (χ4n) is 1.91. The number of methoxy groups -OCH3 is 1. The Bertz CT molecular complexity index is 618. The Morgan fingerprint density at radius 3 is 2.46 bits per heavy atom. The van der Waals surface area contributed by atoms with Crippen LogP contribution in [0.1, 0.15) is 30.6 Å². The molecule has 0 spiro atoms. The maximum absolute atomic E-state index is 14.0. The van der Waals surface area contributed by atoms with E-state index in [4.69, 9.17) is 9.84 Å². The molecule has 0 saturated heterocycles. The van der Waals surface area contributed by atoms with Crippen LogP contribution in [-0.4, -0.2) is 42.6 Å². The van der Waals surface area contributed by atoms with Crippen LogP contribution in [0.3, 0.4) is 0 Å². The molecule has 1 rings (SSSR count). The number of halogens is 1. The first kappa shape index (κ1) is 19.6. The van der Waals surface area contributed by atoms with Gasteiger partial charge in [-0.1, -0.05) is 13.8 Å². The fourth-order valence-corrected chi connectivity index (χ4v) is 1.91. The standard InChI is InChI=1S/C16H21FN2O5/c1-9(2)6-14(20)18-12-5-4-10(7-11(12)17)15(21)19-13(8-24-3)16(22)23/h4-5,7,9,13H,6,8H2,1-3H3,(H,18,20)(H,19,21)(H,22,23). The van der Waals surface area contributed by atoms with Crippen LogP contribution in [0.5, 0.6) is 0 Å². The predicted molar refractivity (Wildman–Crippen MR) is 85.3 cm³/mol. The number of benzene rings is 1. The maximum atomic E-state index is 14.0. The van der Waals surface area contributed by atoms with Crippen LogP contribution in [-0.2, 0) is 14.3 Å². The van der Waals surface area contributed by atoms with E-state index >= 15 is 0 Å². The molecular formula is C16H21FN2O5. The minimum atomic E-state index is -1.26. The van der Waals surface area contributed by atoms with Crippen molar-refractivity contribution in [3.8, 4) is 0 Å². The van der Waals surface area contributed by atoms with Gasteiger partial charge in [-0.2, -0.15) is 0 Å². The first-order valence-electron chi connectivity index (χ1n) is 7.36. The summed E-state index contributed by atoms with van der Waals surface area (Å²) in [5.74, 6) is -2.99. The van der Waals surface area contributed by atoms with Gasteiger partial charge in [0.15, 0.2) is 6.04 Å². The van der Waals surface area contributed by atoms with Crippen molar-refractivity contribution in [3.63, 3.8) is 0 Å². The van der Waals surface area contributed by atoms with E-state index < -0.39 is 23.7 Å². The molecule has 0 aliphatic carbocycles. The van der Waals surface area contributed by atoms with Gasteiger partial charge in [-0.05, 0) is 24.1 Å². The normalized spacial score (nSPS) is 11.9. The summed E-state index contributed by atoms with van der Waals surface area (Å²) >= 11 is 0. The van der Waals surface area contributed by atoms with Crippen molar-refractivity contribution in [2.45, 2.75) is 26.3 Å². The second-order valence-electron chi connectivity index (χ2n) is 5.66. The largest absolute Gasteiger partial charge is 0.480 e. The lowest BCUT2D eigenvalue weighted by molar-refractivity contribution is -0.140. The quantitative estimate of drug-likeness (QED) is 0.667. The Kier molecular flexibility index (Phi) is 7.31. The van der Waals surface area contributed by atoms with Gasteiger partial charge in [-0.25, -0.2) is 9.18 Å². The van der Waals surface area contributed by atoms with Gasteiger partial charge in [0.25, 0.3) is 5.91 Å². The minimum absolute atomic E-state index is 0.0381. The Morgan fingerprint density at radius 2 is 1.96 bits per heavy atom. The molecule has 3 N–H and O–H groups in total. The highest BCUT2D eigenvalue weighted by Gasteiger charge is 2.21. The van der Waals surface area contributed by atoms with E-state index in [0.29, 0.717) is 0 Å². The van der Waals surface area contributed by atoms with Crippen molar-refractivity contribution in [3.05, 3.63) is 29.6 Å². The van der Waals surface area contributed by atoms with Crippen molar-refractivity contribution >= 4 is 23.5 Å². The highest BCUT2D eigenvalue weighted by Crippen LogP contribution is 2.17. The third-order valence-corrected chi connectivity index (χ3v) is 3.04. The van der Waals surface area contributed by atoms with Gasteiger partial charge in [-0.3, -0.25) is 9.59 Å². The zero-order valence-electron chi connectivity index (χ0n) is 13.8. The number of carbonyl (C=O) groups is 3. The summed E-state index contributed by atoms with van der Waals surface area (Å²) in [6.07, 6.45) is 0.249. The zero-order valence-corrected chi connectivity index (χ0v) is 13.8. The van der Waals surface area contributed by atoms with Gasteiger partial charge in [0.05, 0.1) is 12.3 Å². The molecule has 0 saturated carbocycles. The molecule has 7 nitrogen and oxygen atoms in total. The number of hydrogen-bond donors (Lipinski definition) is 3. The summed E-state index contributed by atoms with van der Waals surface area (Å²) in [6, 6.07) is 2.26. The summed E-state index contributed by atoms with van der Waals surface area (Å²) in [5, 5.41) is 13.6. The van der Waals surface area contributed by atoms with Crippen LogP contribution in [0.2, 0.25) is 0 Å². The fraction of sp³-hybridized carbons (Fsp3) is 0.438. The van der Waals surface area contributed by atoms with Gasteiger partial charge in [0.1, 0.15) is 5.82 Å². The molecule has 0 heterocycles. The van der Waals surface area contributed by atoms with Crippen molar-refractivity contribution in [2.75, 3.05) is 19.0 Å². The molecular weight excluding hydrogens is 319 g/mol. The Hall–Kier alpha value is -2.48. The van der Waals surface area contributed by atoms with Crippen LogP contribution in [0.15, 0.2) is 18.2 Å². The van der Waals surface area contributed by atoms with Crippen LogP contribution >= 0.6 is 0 Å². The van der Waals surface area contributed by atoms with Crippen LogP contribution in [0, 0.1) is 11.7 Å². The molecule has 2 amide bonds. The average Bonchev–Trinajstić information content (AvgIpc) is 2.47. The highest BCUT2D eigenvalue weighted by atomic mass is 19.1. The summed E-state index contributed by atoms with van der Waals surface area (Å²) in [7, 11) is 1.30. The van der Waals surface area contributed by atoms with Gasteiger partial charge >= 0.3 is 5.97 Å². The lowest BCUT2D eigenvalue weighted by Gasteiger charge is -2.14. The number of carboxylic acids is 1. The summed E-state index contributed by atoms with van der Waals surface area (Å²) in [4.78, 5) is 34.6. The molecule has 0 fully saturated rings. The number of nitrogens with one attached hydrogen (secondary N) is 2. The molecule has 0 bridgehead atoms. The number of hydrogen-bond acceptors (Lipinski definition) is 4. The molecule has 0 radical (unpaired) electrons. The number of carbonyl (C=O) groups excluding carboxylic acids is 2. The van der Waals surface area contributed by atoms with Gasteiger partial charge in [0, 0.05) is 19.1 Å². The van der Waals surface area contributed by atoms with E-state index in [0.717, 1.165) is 6.07 Å². The molecule has 1 atom stereocenters. The molecule has 24 heavy (non-hydrogen) atoms. The Balaban J connectivity index is 2.81.